The van der Waals surface area contributed by atoms with Crippen LogP contribution in [0.5, 0.6) is 5.75 Å². The number of alkyl halides is 3. The van der Waals surface area contributed by atoms with Gasteiger partial charge in [-0.3, -0.25) is 4.90 Å². The van der Waals surface area contributed by atoms with Crippen LogP contribution in [-0.2, 0) is 0 Å². The van der Waals surface area contributed by atoms with Gasteiger partial charge in [0.15, 0.2) is 0 Å². The number of rotatable bonds is 7. The average molecular weight is 393 g/mol. The summed E-state index contributed by atoms with van der Waals surface area (Å²) in [5.74, 6) is 0.866. The smallest absolute Gasteiger partial charge is 0.401 e. The Kier molecular flexibility index (Phi) is 6.50. The van der Waals surface area contributed by atoms with E-state index in [4.69, 9.17) is 4.74 Å². The number of ether oxygens (including phenoxy) is 1. The molecule has 128 valence electrons. The van der Waals surface area contributed by atoms with Crippen LogP contribution >= 0.6 is 15.9 Å². The minimum absolute atomic E-state index is 0.415. The first-order chi connectivity index (χ1) is 10.8. The first-order valence-electron chi connectivity index (χ1n) is 7.41. The summed E-state index contributed by atoms with van der Waals surface area (Å²) in [4.78, 5) is 1.29. The van der Waals surface area contributed by atoms with Crippen molar-refractivity contribution in [2.75, 3.05) is 39.8 Å². The Labute approximate surface area is 142 Å². The number of hydrogen-bond donors (Lipinski definition) is 1. The van der Waals surface area contributed by atoms with Crippen LogP contribution in [0.25, 0.3) is 6.08 Å². The van der Waals surface area contributed by atoms with Crippen LogP contribution in [0, 0.1) is 0 Å². The molecule has 1 aliphatic rings. The highest BCUT2D eigenvalue weighted by Gasteiger charge is 2.28. The highest BCUT2D eigenvalue weighted by Crippen LogP contribution is 2.28. The highest BCUT2D eigenvalue weighted by molar-refractivity contribution is 9.10. The standard InChI is InChI=1S/C16H20BrF3N2O/c1-22(11-16(18,19)20)6-2-5-21-9-12-7-13-8-14(17)3-4-15(13)23-10-12/h3-4,7-8,21H,2,5-6,9-11H2,1H3. The van der Waals surface area contributed by atoms with Crippen molar-refractivity contribution in [3.05, 3.63) is 33.8 Å². The molecule has 0 saturated heterocycles. The molecule has 1 heterocycles. The lowest BCUT2D eigenvalue weighted by Crippen LogP contribution is -2.33. The van der Waals surface area contributed by atoms with Crippen LogP contribution in [0.1, 0.15) is 12.0 Å². The van der Waals surface area contributed by atoms with Crippen molar-refractivity contribution in [1.82, 2.24) is 10.2 Å². The fourth-order valence-electron chi connectivity index (χ4n) is 2.41. The molecule has 0 unspecified atom stereocenters. The maximum atomic E-state index is 12.2. The molecule has 0 saturated carbocycles. The van der Waals surface area contributed by atoms with E-state index >= 15 is 0 Å². The van der Waals surface area contributed by atoms with Gasteiger partial charge in [-0.25, -0.2) is 0 Å². The van der Waals surface area contributed by atoms with Crippen molar-refractivity contribution in [2.45, 2.75) is 12.6 Å². The van der Waals surface area contributed by atoms with Crippen molar-refractivity contribution in [2.24, 2.45) is 0 Å². The Bertz CT molecular complexity index is 561. The van der Waals surface area contributed by atoms with E-state index in [1.165, 1.54) is 11.9 Å². The van der Waals surface area contributed by atoms with E-state index < -0.39 is 12.7 Å². The van der Waals surface area contributed by atoms with Crippen LogP contribution in [-0.4, -0.2) is 50.9 Å². The molecule has 0 fully saturated rings. The first kappa shape index (κ1) is 18.3. The number of hydrogen-bond acceptors (Lipinski definition) is 3. The van der Waals surface area contributed by atoms with E-state index in [0.717, 1.165) is 21.4 Å². The zero-order valence-corrected chi connectivity index (χ0v) is 14.5. The molecule has 0 amide bonds. The summed E-state index contributed by atoms with van der Waals surface area (Å²) in [7, 11) is 1.49. The van der Waals surface area contributed by atoms with Gasteiger partial charge in [-0.2, -0.15) is 13.2 Å². The van der Waals surface area contributed by atoms with Gasteiger partial charge < -0.3 is 10.1 Å². The second-order valence-electron chi connectivity index (χ2n) is 5.66. The van der Waals surface area contributed by atoms with E-state index in [1.807, 2.05) is 18.2 Å². The maximum absolute atomic E-state index is 12.2. The van der Waals surface area contributed by atoms with Crippen molar-refractivity contribution >= 4 is 22.0 Å². The summed E-state index contributed by atoms with van der Waals surface area (Å²) >= 11 is 3.43. The summed E-state index contributed by atoms with van der Waals surface area (Å²) < 4.78 is 43.3. The predicted octanol–water partition coefficient (Wildman–Crippen LogP) is 3.70. The van der Waals surface area contributed by atoms with Gasteiger partial charge in [-0.15, -0.1) is 0 Å². The fraction of sp³-hybridized carbons (Fsp3) is 0.500. The average Bonchev–Trinajstić information content (AvgIpc) is 2.44. The zero-order chi connectivity index (χ0) is 16.9. The Balaban J connectivity index is 1.69. The van der Waals surface area contributed by atoms with Crippen LogP contribution in [0.4, 0.5) is 13.2 Å². The molecule has 1 N–H and O–H groups in total. The van der Waals surface area contributed by atoms with Crippen molar-refractivity contribution in [3.8, 4) is 5.75 Å². The second kappa shape index (κ2) is 8.17. The molecule has 0 atom stereocenters. The lowest BCUT2D eigenvalue weighted by molar-refractivity contribution is -0.143. The molecule has 23 heavy (non-hydrogen) atoms. The van der Waals surface area contributed by atoms with Gasteiger partial charge >= 0.3 is 6.18 Å². The molecule has 0 spiro atoms. The first-order valence-corrected chi connectivity index (χ1v) is 8.20. The quantitative estimate of drug-likeness (QED) is 0.716. The van der Waals surface area contributed by atoms with Crippen LogP contribution < -0.4 is 10.1 Å². The van der Waals surface area contributed by atoms with Gasteiger partial charge in [0.05, 0.1) is 6.54 Å². The van der Waals surface area contributed by atoms with Gasteiger partial charge in [-0.1, -0.05) is 15.9 Å². The molecule has 0 radical (unpaired) electrons. The molecule has 0 aliphatic carbocycles. The minimum Gasteiger partial charge on any atom is -0.489 e. The third-order valence-electron chi connectivity index (χ3n) is 3.44. The number of nitrogens with zero attached hydrogens (tertiary/aromatic N) is 1. The number of nitrogens with one attached hydrogen (secondary N) is 1. The minimum atomic E-state index is -4.13. The van der Waals surface area contributed by atoms with Gasteiger partial charge in [0.2, 0.25) is 0 Å². The van der Waals surface area contributed by atoms with Crippen LogP contribution in [0.2, 0.25) is 0 Å². The Morgan fingerprint density at radius 1 is 1.35 bits per heavy atom. The van der Waals surface area contributed by atoms with Gasteiger partial charge in [0.1, 0.15) is 12.4 Å². The van der Waals surface area contributed by atoms with Gasteiger partial charge in [-0.05, 0) is 56.4 Å². The van der Waals surface area contributed by atoms with Crippen LogP contribution in [0.15, 0.2) is 28.2 Å². The van der Waals surface area contributed by atoms with E-state index in [0.29, 0.717) is 32.7 Å². The molecule has 0 bridgehead atoms. The summed E-state index contributed by atoms with van der Waals surface area (Å²) in [5.41, 5.74) is 2.16. The molecule has 3 nitrogen and oxygen atoms in total. The lowest BCUT2D eigenvalue weighted by atomic mass is 10.1. The summed E-state index contributed by atoms with van der Waals surface area (Å²) in [6, 6.07) is 5.87. The third kappa shape index (κ3) is 6.53. The zero-order valence-electron chi connectivity index (χ0n) is 12.9. The molecule has 7 heteroatoms. The van der Waals surface area contributed by atoms with Crippen molar-refractivity contribution in [1.29, 1.82) is 0 Å². The number of fused-ring (bicyclic) bond motifs is 1. The molecular weight excluding hydrogens is 373 g/mol. The molecular formula is C16H20BrF3N2O. The highest BCUT2D eigenvalue weighted by atomic mass is 79.9. The van der Waals surface area contributed by atoms with Gasteiger partial charge in [0.25, 0.3) is 0 Å². The maximum Gasteiger partial charge on any atom is 0.401 e. The molecule has 0 aromatic heterocycles. The fourth-order valence-corrected chi connectivity index (χ4v) is 2.78. The van der Waals surface area contributed by atoms with E-state index in [2.05, 4.69) is 27.3 Å². The van der Waals surface area contributed by atoms with E-state index in [1.54, 1.807) is 0 Å². The predicted molar refractivity (Wildman–Crippen MR) is 88.7 cm³/mol. The van der Waals surface area contributed by atoms with Crippen LogP contribution in [0.3, 0.4) is 0 Å². The molecule has 1 aliphatic heterocycles. The molecule has 1 aromatic rings. The number of benzene rings is 1. The van der Waals surface area contributed by atoms with Crippen molar-refractivity contribution < 1.29 is 17.9 Å². The Hall–Kier alpha value is -1.05. The Morgan fingerprint density at radius 2 is 2.13 bits per heavy atom. The molecule has 2 rings (SSSR count). The summed E-state index contributed by atoms with van der Waals surface area (Å²) in [6.45, 7) is 1.44. The normalized spacial score (nSPS) is 14.4. The van der Waals surface area contributed by atoms with E-state index in [9.17, 15) is 13.2 Å². The largest absolute Gasteiger partial charge is 0.489 e. The Morgan fingerprint density at radius 3 is 2.87 bits per heavy atom. The van der Waals surface area contributed by atoms with E-state index in [-0.39, 0.29) is 0 Å². The third-order valence-corrected chi connectivity index (χ3v) is 3.93. The monoisotopic (exact) mass is 392 g/mol. The summed E-state index contributed by atoms with van der Waals surface area (Å²) in [6.07, 6.45) is -1.37. The second-order valence-corrected chi connectivity index (χ2v) is 6.57. The van der Waals surface area contributed by atoms with Gasteiger partial charge in [0, 0.05) is 16.6 Å². The SMILES string of the molecule is CN(CCCNCC1=Cc2cc(Br)ccc2OC1)CC(F)(F)F. The van der Waals surface area contributed by atoms with Crippen molar-refractivity contribution in [3.63, 3.8) is 0 Å². The number of halogens is 4. The lowest BCUT2D eigenvalue weighted by Gasteiger charge is -2.20. The molecule has 1 aromatic carbocycles. The topological polar surface area (TPSA) is 24.5 Å². The summed E-state index contributed by atoms with van der Waals surface area (Å²) in [5, 5.41) is 3.25.